The Balaban J connectivity index is 1.65. The van der Waals surface area contributed by atoms with Crippen LogP contribution >= 0.6 is 0 Å². The highest BCUT2D eigenvalue weighted by Crippen LogP contribution is 2.33. The van der Waals surface area contributed by atoms with Gasteiger partial charge in [-0.15, -0.1) is 0 Å². The number of carbonyl (C=O) groups excluding carboxylic acids is 2. The summed E-state index contributed by atoms with van der Waals surface area (Å²) in [5.41, 5.74) is 1.26. The number of carbonyl (C=O) groups is 2. The molecule has 2 aromatic rings. The Morgan fingerprint density at radius 1 is 1.19 bits per heavy atom. The summed E-state index contributed by atoms with van der Waals surface area (Å²) in [6, 6.07) is 12.9. The molecule has 3 N–H and O–H groups in total. The molecule has 142 valence electrons. The number of hydrogen-bond donors (Lipinski definition) is 2. The maximum absolute atomic E-state index is 12.4. The van der Waals surface area contributed by atoms with Gasteiger partial charge in [0, 0.05) is 6.54 Å². The van der Waals surface area contributed by atoms with Gasteiger partial charge in [0.25, 0.3) is 5.91 Å². The molecule has 1 unspecified atom stereocenters. The van der Waals surface area contributed by atoms with Crippen molar-refractivity contribution in [3.8, 4) is 5.75 Å². The van der Waals surface area contributed by atoms with Crippen LogP contribution in [0.3, 0.4) is 0 Å². The third kappa shape index (κ3) is 4.26. The number of nitrogens with two attached hydrogens (primary N) is 1. The zero-order valence-electron chi connectivity index (χ0n) is 14.6. The van der Waals surface area contributed by atoms with Crippen molar-refractivity contribution in [2.75, 3.05) is 11.4 Å². The van der Waals surface area contributed by atoms with E-state index in [4.69, 9.17) is 9.88 Å². The summed E-state index contributed by atoms with van der Waals surface area (Å²) in [6.45, 7) is 1.69. The Morgan fingerprint density at radius 3 is 2.52 bits per heavy atom. The summed E-state index contributed by atoms with van der Waals surface area (Å²) < 4.78 is 28.0. The highest BCUT2D eigenvalue weighted by Gasteiger charge is 2.32. The molecule has 0 spiro atoms. The SMILES string of the molecule is CC1Oc2ccccc2N(CC(=O)NCc2ccc(S(N)(=O)=O)cc2)C1=O. The van der Waals surface area contributed by atoms with E-state index in [9.17, 15) is 18.0 Å². The fourth-order valence-corrected chi connectivity index (χ4v) is 3.23. The molecule has 1 atom stereocenters. The van der Waals surface area contributed by atoms with Gasteiger partial charge in [-0.2, -0.15) is 0 Å². The smallest absolute Gasteiger partial charge is 0.268 e. The number of fused-ring (bicyclic) bond motifs is 1. The van der Waals surface area contributed by atoms with E-state index in [-0.39, 0.29) is 29.8 Å². The molecule has 1 aliphatic heterocycles. The molecule has 0 aliphatic carbocycles. The maximum atomic E-state index is 12.4. The molecule has 27 heavy (non-hydrogen) atoms. The Kier molecular flexibility index (Phi) is 5.15. The van der Waals surface area contributed by atoms with E-state index in [1.165, 1.54) is 17.0 Å². The lowest BCUT2D eigenvalue weighted by atomic mass is 10.2. The fraction of sp³-hybridized carbons (Fsp3) is 0.222. The molecule has 8 nitrogen and oxygen atoms in total. The first-order valence-electron chi connectivity index (χ1n) is 8.21. The van der Waals surface area contributed by atoms with Gasteiger partial charge in [0.15, 0.2) is 6.10 Å². The summed E-state index contributed by atoms with van der Waals surface area (Å²) in [4.78, 5) is 26.1. The van der Waals surface area contributed by atoms with Gasteiger partial charge in [-0.05, 0) is 36.8 Å². The average Bonchev–Trinajstić information content (AvgIpc) is 2.63. The third-order valence-electron chi connectivity index (χ3n) is 4.12. The predicted molar refractivity (Wildman–Crippen MR) is 98.5 cm³/mol. The van der Waals surface area contributed by atoms with Crippen LogP contribution in [-0.2, 0) is 26.2 Å². The van der Waals surface area contributed by atoms with E-state index in [2.05, 4.69) is 5.32 Å². The van der Waals surface area contributed by atoms with Crippen LogP contribution in [0.1, 0.15) is 12.5 Å². The second-order valence-electron chi connectivity index (χ2n) is 6.12. The summed E-state index contributed by atoms with van der Waals surface area (Å²) in [7, 11) is -3.75. The first-order valence-corrected chi connectivity index (χ1v) is 9.76. The van der Waals surface area contributed by atoms with Crippen LogP contribution in [0.25, 0.3) is 0 Å². The van der Waals surface area contributed by atoms with E-state index in [1.54, 1.807) is 43.3 Å². The summed E-state index contributed by atoms with van der Waals surface area (Å²) in [5.74, 6) is -0.0832. The molecule has 1 aliphatic rings. The lowest BCUT2D eigenvalue weighted by molar-refractivity contribution is -0.128. The standard InChI is InChI=1S/C18H19N3O5S/c1-12-18(23)21(15-4-2-3-5-16(15)26-12)11-17(22)20-10-13-6-8-14(9-7-13)27(19,24)25/h2-9,12H,10-11H2,1H3,(H,20,22)(H2,19,24,25). The molecule has 2 amide bonds. The van der Waals surface area contributed by atoms with Gasteiger partial charge in [0.2, 0.25) is 15.9 Å². The van der Waals surface area contributed by atoms with Crippen molar-refractivity contribution < 1.29 is 22.7 Å². The molecule has 9 heteroatoms. The second kappa shape index (κ2) is 7.37. The van der Waals surface area contributed by atoms with Gasteiger partial charge >= 0.3 is 0 Å². The Hall–Kier alpha value is -2.91. The van der Waals surface area contributed by atoms with Crippen molar-refractivity contribution in [2.45, 2.75) is 24.5 Å². The number of primary sulfonamides is 1. The van der Waals surface area contributed by atoms with Crippen molar-refractivity contribution in [3.05, 3.63) is 54.1 Å². The topological polar surface area (TPSA) is 119 Å². The fourth-order valence-electron chi connectivity index (χ4n) is 2.72. The van der Waals surface area contributed by atoms with Crippen molar-refractivity contribution in [3.63, 3.8) is 0 Å². The number of sulfonamides is 1. The number of hydrogen-bond acceptors (Lipinski definition) is 5. The van der Waals surface area contributed by atoms with Crippen LogP contribution in [0.4, 0.5) is 5.69 Å². The van der Waals surface area contributed by atoms with Gasteiger partial charge in [0.1, 0.15) is 12.3 Å². The summed E-state index contributed by atoms with van der Waals surface area (Å²) >= 11 is 0. The molecule has 3 rings (SSSR count). The summed E-state index contributed by atoms with van der Waals surface area (Å²) in [6.07, 6.45) is -0.668. The lowest BCUT2D eigenvalue weighted by Crippen LogP contribution is -2.48. The van der Waals surface area contributed by atoms with E-state index >= 15 is 0 Å². The van der Waals surface area contributed by atoms with Crippen molar-refractivity contribution >= 4 is 27.5 Å². The molecule has 1 heterocycles. The van der Waals surface area contributed by atoms with Gasteiger partial charge < -0.3 is 10.1 Å². The molecule has 0 radical (unpaired) electrons. The van der Waals surface area contributed by atoms with Crippen LogP contribution in [0, 0.1) is 0 Å². The number of benzene rings is 2. The first-order chi connectivity index (χ1) is 12.8. The lowest BCUT2D eigenvalue weighted by Gasteiger charge is -2.32. The highest BCUT2D eigenvalue weighted by atomic mass is 32.2. The number of amides is 2. The molecule has 0 saturated carbocycles. The van der Waals surface area contributed by atoms with E-state index in [1.807, 2.05) is 0 Å². The first kappa shape index (κ1) is 18.9. The van der Waals surface area contributed by atoms with E-state index < -0.39 is 16.1 Å². The number of para-hydroxylation sites is 2. The van der Waals surface area contributed by atoms with Crippen molar-refractivity contribution in [2.24, 2.45) is 5.14 Å². The number of ether oxygens (including phenoxy) is 1. The van der Waals surface area contributed by atoms with Gasteiger partial charge in [0.05, 0.1) is 10.6 Å². The molecular formula is C18H19N3O5S. The number of nitrogens with one attached hydrogen (secondary N) is 1. The van der Waals surface area contributed by atoms with Gasteiger partial charge in [-0.25, -0.2) is 13.6 Å². The predicted octanol–water partition coefficient (Wildman–Crippen LogP) is 0.764. The summed E-state index contributed by atoms with van der Waals surface area (Å²) in [5, 5.41) is 7.77. The van der Waals surface area contributed by atoms with Gasteiger partial charge in [-0.3, -0.25) is 14.5 Å². The Labute approximate surface area is 157 Å². The average molecular weight is 389 g/mol. The second-order valence-corrected chi connectivity index (χ2v) is 7.68. The number of anilines is 1. The third-order valence-corrected chi connectivity index (χ3v) is 5.05. The van der Waals surface area contributed by atoms with Crippen molar-refractivity contribution in [1.82, 2.24) is 5.32 Å². The minimum absolute atomic E-state index is 0.00193. The largest absolute Gasteiger partial charge is 0.479 e. The monoisotopic (exact) mass is 389 g/mol. The molecular weight excluding hydrogens is 370 g/mol. The minimum Gasteiger partial charge on any atom is -0.479 e. The van der Waals surface area contributed by atoms with E-state index in [0.717, 1.165) is 0 Å². The maximum Gasteiger partial charge on any atom is 0.268 e. The molecule has 0 saturated heterocycles. The zero-order valence-corrected chi connectivity index (χ0v) is 15.4. The Bertz CT molecular complexity index is 973. The van der Waals surface area contributed by atoms with Crippen molar-refractivity contribution in [1.29, 1.82) is 0 Å². The van der Waals surface area contributed by atoms with E-state index in [0.29, 0.717) is 17.0 Å². The van der Waals surface area contributed by atoms with Gasteiger partial charge in [-0.1, -0.05) is 24.3 Å². The van der Waals surface area contributed by atoms with Crippen LogP contribution in [0.2, 0.25) is 0 Å². The quantitative estimate of drug-likeness (QED) is 0.783. The number of nitrogens with zero attached hydrogens (tertiary/aromatic N) is 1. The van der Waals surface area contributed by atoms with Crippen LogP contribution in [0.5, 0.6) is 5.75 Å². The molecule has 0 bridgehead atoms. The normalized spacial score (nSPS) is 16.4. The zero-order chi connectivity index (χ0) is 19.6. The van der Waals surface area contributed by atoms with Crippen LogP contribution in [-0.4, -0.2) is 32.9 Å². The molecule has 0 fully saturated rings. The van der Waals surface area contributed by atoms with Crippen LogP contribution in [0.15, 0.2) is 53.4 Å². The molecule has 2 aromatic carbocycles. The number of rotatable bonds is 5. The Morgan fingerprint density at radius 2 is 1.85 bits per heavy atom. The highest BCUT2D eigenvalue weighted by molar-refractivity contribution is 7.89. The van der Waals surface area contributed by atoms with Crippen LogP contribution < -0.4 is 20.1 Å². The molecule has 0 aromatic heterocycles. The minimum atomic E-state index is -3.75.